The number of imidazole rings is 2. The monoisotopic (exact) mass is 333 g/mol. The predicted molar refractivity (Wildman–Crippen MR) is 94.0 cm³/mol. The molecule has 0 radical (unpaired) electrons. The number of aromatic nitrogens is 6. The first-order valence-corrected chi connectivity index (χ1v) is 8.49. The highest BCUT2D eigenvalue weighted by Gasteiger charge is 2.33. The van der Waals surface area contributed by atoms with E-state index in [1.165, 1.54) is 5.69 Å². The van der Waals surface area contributed by atoms with Gasteiger partial charge in [-0.3, -0.25) is 10.00 Å². The minimum atomic E-state index is -0.000550. The second-order valence-electron chi connectivity index (χ2n) is 6.57. The maximum atomic E-state index is 4.83. The number of nitrogens with zero attached hydrogens (tertiary/aromatic N) is 4. The molecule has 0 spiro atoms. The van der Waals surface area contributed by atoms with Crippen LogP contribution < -0.4 is 0 Å². The first-order chi connectivity index (χ1) is 12.3. The van der Waals surface area contributed by atoms with Gasteiger partial charge in [0.15, 0.2) is 0 Å². The van der Waals surface area contributed by atoms with Crippen LogP contribution in [0.1, 0.15) is 34.6 Å². The molecule has 4 heterocycles. The van der Waals surface area contributed by atoms with Crippen LogP contribution in [0.2, 0.25) is 0 Å². The molecular formula is C18H19N7. The zero-order valence-electron chi connectivity index (χ0n) is 14.0. The Morgan fingerprint density at radius 2 is 2.20 bits per heavy atom. The standard InChI is InChI=1S/C18H19N7/c1-11-8-12(24-23-11)9-25-7-6-15-16(20-10-19-15)17(25)18-21-13-4-2-3-5-14(13)22-18/h2-5,8,10,17H,6-7,9H2,1H3,(H,19,20)(H,21,22)(H,23,24). The molecule has 1 aromatic carbocycles. The number of rotatable bonds is 3. The molecule has 126 valence electrons. The maximum Gasteiger partial charge on any atom is 0.130 e. The third-order valence-electron chi connectivity index (χ3n) is 4.82. The highest BCUT2D eigenvalue weighted by molar-refractivity contribution is 5.75. The van der Waals surface area contributed by atoms with Crippen molar-refractivity contribution >= 4 is 11.0 Å². The summed E-state index contributed by atoms with van der Waals surface area (Å²) in [7, 11) is 0. The largest absolute Gasteiger partial charge is 0.348 e. The van der Waals surface area contributed by atoms with Crippen LogP contribution in [0.25, 0.3) is 11.0 Å². The van der Waals surface area contributed by atoms with Crippen molar-refractivity contribution in [3.05, 3.63) is 65.3 Å². The Hall–Kier alpha value is -2.93. The van der Waals surface area contributed by atoms with Crippen molar-refractivity contribution in [1.29, 1.82) is 0 Å². The van der Waals surface area contributed by atoms with Crippen LogP contribution in [0.15, 0.2) is 36.7 Å². The molecule has 3 N–H and O–H groups in total. The van der Waals surface area contributed by atoms with Crippen molar-refractivity contribution in [2.45, 2.75) is 25.9 Å². The molecule has 1 atom stereocenters. The summed E-state index contributed by atoms with van der Waals surface area (Å²) in [5.41, 5.74) is 6.40. The van der Waals surface area contributed by atoms with E-state index in [0.717, 1.165) is 53.4 Å². The van der Waals surface area contributed by atoms with Crippen LogP contribution in [-0.2, 0) is 13.0 Å². The first kappa shape index (κ1) is 14.4. The van der Waals surface area contributed by atoms with Crippen molar-refractivity contribution in [2.75, 3.05) is 6.54 Å². The maximum absolute atomic E-state index is 4.83. The van der Waals surface area contributed by atoms with Crippen molar-refractivity contribution in [3.8, 4) is 0 Å². The minimum absolute atomic E-state index is 0.000550. The van der Waals surface area contributed by atoms with Gasteiger partial charge in [-0.1, -0.05) is 12.1 Å². The van der Waals surface area contributed by atoms with Gasteiger partial charge in [0.2, 0.25) is 0 Å². The number of aromatic amines is 3. The Labute approximate surface area is 144 Å². The summed E-state index contributed by atoms with van der Waals surface area (Å²) in [6.07, 6.45) is 2.73. The van der Waals surface area contributed by atoms with Gasteiger partial charge in [0.25, 0.3) is 0 Å². The lowest BCUT2D eigenvalue weighted by Crippen LogP contribution is -2.36. The number of hydrogen-bond donors (Lipinski definition) is 3. The predicted octanol–water partition coefficient (Wildman–Crippen LogP) is 2.47. The van der Waals surface area contributed by atoms with E-state index in [-0.39, 0.29) is 6.04 Å². The average Bonchev–Trinajstić information content (AvgIpc) is 3.33. The van der Waals surface area contributed by atoms with Gasteiger partial charge in [-0.25, -0.2) is 9.97 Å². The number of para-hydroxylation sites is 2. The molecule has 7 nitrogen and oxygen atoms in total. The number of aryl methyl sites for hydroxylation is 1. The Balaban J connectivity index is 1.58. The summed E-state index contributed by atoms with van der Waals surface area (Å²) < 4.78 is 0. The highest BCUT2D eigenvalue weighted by Crippen LogP contribution is 2.33. The summed E-state index contributed by atoms with van der Waals surface area (Å²) in [5.74, 6) is 0.932. The van der Waals surface area contributed by atoms with Crippen molar-refractivity contribution in [3.63, 3.8) is 0 Å². The molecule has 0 aliphatic carbocycles. The van der Waals surface area contributed by atoms with Crippen LogP contribution in [0.3, 0.4) is 0 Å². The Bertz CT molecular complexity index is 992. The summed E-state index contributed by atoms with van der Waals surface area (Å²) in [6, 6.07) is 10.2. The molecule has 0 fully saturated rings. The van der Waals surface area contributed by atoms with Crippen LogP contribution in [0.5, 0.6) is 0 Å². The molecule has 0 bridgehead atoms. The molecule has 1 aliphatic heterocycles. The quantitative estimate of drug-likeness (QED) is 0.537. The normalized spacial score (nSPS) is 17.9. The molecule has 3 aromatic heterocycles. The third-order valence-corrected chi connectivity index (χ3v) is 4.82. The number of fused-ring (bicyclic) bond motifs is 2. The fourth-order valence-corrected chi connectivity index (χ4v) is 3.66. The molecule has 5 rings (SSSR count). The Kier molecular flexibility index (Phi) is 3.21. The fraction of sp³-hybridized carbons (Fsp3) is 0.278. The van der Waals surface area contributed by atoms with E-state index < -0.39 is 0 Å². The smallest absolute Gasteiger partial charge is 0.130 e. The van der Waals surface area contributed by atoms with Crippen LogP contribution in [-0.4, -0.2) is 41.6 Å². The van der Waals surface area contributed by atoms with Crippen LogP contribution >= 0.6 is 0 Å². The molecular weight excluding hydrogens is 314 g/mol. The summed E-state index contributed by atoms with van der Waals surface area (Å²) in [5, 5.41) is 7.43. The zero-order chi connectivity index (χ0) is 16.8. The zero-order valence-corrected chi connectivity index (χ0v) is 14.0. The van der Waals surface area contributed by atoms with Gasteiger partial charge in [-0.2, -0.15) is 5.10 Å². The molecule has 25 heavy (non-hydrogen) atoms. The van der Waals surface area contributed by atoms with Gasteiger partial charge >= 0.3 is 0 Å². The van der Waals surface area contributed by atoms with E-state index >= 15 is 0 Å². The van der Waals surface area contributed by atoms with Gasteiger partial charge in [0.1, 0.15) is 11.9 Å². The minimum Gasteiger partial charge on any atom is -0.348 e. The molecule has 7 heteroatoms. The second kappa shape index (κ2) is 5.56. The van der Waals surface area contributed by atoms with E-state index in [1.54, 1.807) is 6.33 Å². The van der Waals surface area contributed by atoms with Crippen molar-refractivity contribution in [2.24, 2.45) is 0 Å². The van der Waals surface area contributed by atoms with Gasteiger partial charge in [-0.05, 0) is 25.1 Å². The van der Waals surface area contributed by atoms with Gasteiger partial charge < -0.3 is 9.97 Å². The first-order valence-electron chi connectivity index (χ1n) is 8.49. The van der Waals surface area contributed by atoms with E-state index in [0.29, 0.717) is 0 Å². The second-order valence-corrected chi connectivity index (χ2v) is 6.57. The number of benzene rings is 1. The summed E-state index contributed by atoms with van der Waals surface area (Å²) in [6.45, 7) is 3.72. The van der Waals surface area contributed by atoms with Crippen LogP contribution in [0.4, 0.5) is 0 Å². The number of H-pyrrole nitrogens is 3. The van der Waals surface area contributed by atoms with Gasteiger partial charge in [0.05, 0.1) is 28.7 Å². The highest BCUT2D eigenvalue weighted by atomic mass is 15.2. The SMILES string of the molecule is Cc1cc(CN2CCc3[nH]cnc3C2c2nc3ccccc3[nH]2)n[nH]1. The molecule has 0 saturated carbocycles. The number of hydrogen-bond acceptors (Lipinski definition) is 4. The number of nitrogens with one attached hydrogen (secondary N) is 3. The molecule has 0 amide bonds. The lowest BCUT2D eigenvalue weighted by Gasteiger charge is -2.33. The lowest BCUT2D eigenvalue weighted by molar-refractivity contribution is 0.192. The van der Waals surface area contributed by atoms with Gasteiger partial charge in [-0.15, -0.1) is 0 Å². The fourth-order valence-electron chi connectivity index (χ4n) is 3.66. The Morgan fingerprint density at radius 1 is 1.28 bits per heavy atom. The van der Waals surface area contributed by atoms with Crippen molar-refractivity contribution < 1.29 is 0 Å². The molecule has 0 saturated heterocycles. The summed E-state index contributed by atoms with van der Waals surface area (Å²) in [4.78, 5) is 18.6. The van der Waals surface area contributed by atoms with E-state index in [2.05, 4.69) is 42.2 Å². The van der Waals surface area contributed by atoms with Crippen molar-refractivity contribution in [1.82, 2.24) is 35.0 Å². The molecule has 4 aromatic rings. The third kappa shape index (κ3) is 2.44. The lowest BCUT2D eigenvalue weighted by atomic mass is 10.0. The Morgan fingerprint density at radius 3 is 3.04 bits per heavy atom. The molecule has 1 unspecified atom stereocenters. The van der Waals surface area contributed by atoms with Gasteiger partial charge in [0, 0.05) is 30.9 Å². The van der Waals surface area contributed by atoms with Crippen LogP contribution in [0, 0.1) is 6.92 Å². The van der Waals surface area contributed by atoms with E-state index in [4.69, 9.17) is 4.98 Å². The topological polar surface area (TPSA) is 89.3 Å². The summed E-state index contributed by atoms with van der Waals surface area (Å²) >= 11 is 0. The van der Waals surface area contributed by atoms with E-state index in [1.807, 2.05) is 25.1 Å². The molecule has 1 aliphatic rings. The van der Waals surface area contributed by atoms with E-state index in [9.17, 15) is 0 Å². The average molecular weight is 333 g/mol.